The van der Waals surface area contributed by atoms with E-state index in [-0.39, 0.29) is 24.1 Å². The first kappa shape index (κ1) is 20.1. The number of aromatic nitrogens is 3. The van der Waals surface area contributed by atoms with E-state index < -0.39 is 0 Å². The number of likely N-dealkylation sites (N-methyl/N-ethyl adjacent to an activating group) is 1. The summed E-state index contributed by atoms with van der Waals surface area (Å²) in [6.07, 6.45) is 1.62. The van der Waals surface area contributed by atoms with Gasteiger partial charge in [-0.05, 0) is 30.5 Å². The van der Waals surface area contributed by atoms with Crippen molar-refractivity contribution in [2.45, 2.75) is 18.6 Å². The fraction of sp³-hybridized carbons (Fsp3) is 0.263. The van der Waals surface area contributed by atoms with Gasteiger partial charge in [0.25, 0.3) is 0 Å². The standard InChI is InChI=1S/C19H21N5O2S2/c1-2-23(12-17(25)20-11-16-9-6-10-27-16)18(26)13-28-19-22-21-14-24(19)15-7-4-3-5-8-15/h3-10,14H,2,11-13H2,1H3,(H,20,25). The van der Waals surface area contributed by atoms with Gasteiger partial charge in [0.05, 0.1) is 18.8 Å². The minimum Gasteiger partial charge on any atom is -0.350 e. The van der Waals surface area contributed by atoms with Crippen LogP contribution < -0.4 is 5.32 Å². The van der Waals surface area contributed by atoms with Gasteiger partial charge in [-0.15, -0.1) is 21.5 Å². The fourth-order valence-corrected chi connectivity index (χ4v) is 3.99. The minimum atomic E-state index is -0.166. The molecule has 2 heterocycles. The van der Waals surface area contributed by atoms with Crippen LogP contribution in [0.5, 0.6) is 0 Å². The number of nitrogens with zero attached hydrogens (tertiary/aromatic N) is 4. The lowest BCUT2D eigenvalue weighted by Gasteiger charge is -2.20. The third-order valence-electron chi connectivity index (χ3n) is 3.98. The van der Waals surface area contributed by atoms with E-state index in [1.807, 2.05) is 59.3 Å². The van der Waals surface area contributed by atoms with E-state index in [0.717, 1.165) is 10.6 Å². The zero-order chi connectivity index (χ0) is 19.8. The highest BCUT2D eigenvalue weighted by Gasteiger charge is 2.17. The molecule has 7 nitrogen and oxygen atoms in total. The molecule has 146 valence electrons. The smallest absolute Gasteiger partial charge is 0.239 e. The second-order valence-electron chi connectivity index (χ2n) is 5.87. The zero-order valence-electron chi connectivity index (χ0n) is 15.4. The van der Waals surface area contributed by atoms with E-state index in [1.54, 1.807) is 22.6 Å². The molecule has 1 aromatic carbocycles. The quantitative estimate of drug-likeness (QED) is 0.544. The molecule has 0 aliphatic heterocycles. The van der Waals surface area contributed by atoms with E-state index >= 15 is 0 Å². The molecule has 2 amide bonds. The second kappa shape index (κ2) is 10.0. The summed E-state index contributed by atoms with van der Waals surface area (Å²) in [6.45, 7) is 2.86. The van der Waals surface area contributed by atoms with Gasteiger partial charge in [-0.2, -0.15) is 0 Å². The van der Waals surface area contributed by atoms with Crippen LogP contribution in [-0.4, -0.2) is 50.3 Å². The van der Waals surface area contributed by atoms with E-state index in [9.17, 15) is 9.59 Å². The molecule has 0 spiro atoms. The van der Waals surface area contributed by atoms with Crippen LogP contribution in [0.25, 0.3) is 5.69 Å². The predicted molar refractivity (Wildman–Crippen MR) is 111 cm³/mol. The van der Waals surface area contributed by atoms with Crippen LogP contribution in [0.3, 0.4) is 0 Å². The van der Waals surface area contributed by atoms with E-state index in [4.69, 9.17) is 0 Å². The van der Waals surface area contributed by atoms with Crippen molar-refractivity contribution in [3.8, 4) is 5.69 Å². The van der Waals surface area contributed by atoms with Crippen molar-refractivity contribution < 1.29 is 9.59 Å². The molecule has 0 atom stereocenters. The van der Waals surface area contributed by atoms with E-state index in [2.05, 4.69) is 15.5 Å². The van der Waals surface area contributed by atoms with Crippen molar-refractivity contribution in [2.75, 3.05) is 18.8 Å². The molecule has 0 bridgehead atoms. The molecule has 2 aromatic heterocycles. The van der Waals surface area contributed by atoms with Crippen LogP contribution in [0.1, 0.15) is 11.8 Å². The lowest BCUT2D eigenvalue weighted by molar-refractivity contribution is -0.133. The van der Waals surface area contributed by atoms with E-state index in [1.165, 1.54) is 11.8 Å². The van der Waals surface area contributed by atoms with Crippen molar-refractivity contribution in [3.63, 3.8) is 0 Å². The Hall–Kier alpha value is -2.65. The van der Waals surface area contributed by atoms with Gasteiger partial charge in [0.1, 0.15) is 6.33 Å². The van der Waals surface area contributed by atoms with Crippen molar-refractivity contribution in [1.82, 2.24) is 25.0 Å². The molecule has 3 rings (SSSR count). The van der Waals surface area contributed by atoms with Crippen molar-refractivity contribution in [2.24, 2.45) is 0 Å². The highest BCUT2D eigenvalue weighted by Crippen LogP contribution is 2.19. The summed E-state index contributed by atoms with van der Waals surface area (Å²) in [6, 6.07) is 13.6. The molecule has 1 N–H and O–H groups in total. The Bertz CT molecular complexity index is 896. The summed E-state index contributed by atoms with van der Waals surface area (Å²) < 4.78 is 1.84. The van der Waals surface area contributed by atoms with Crippen LogP contribution >= 0.6 is 23.1 Å². The number of hydrogen-bond donors (Lipinski definition) is 1. The largest absolute Gasteiger partial charge is 0.350 e. The molecular weight excluding hydrogens is 394 g/mol. The van der Waals surface area contributed by atoms with Gasteiger partial charge in [-0.3, -0.25) is 14.2 Å². The van der Waals surface area contributed by atoms with Gasteiger partial charge in [0, 0.05) is 17.1 Å². The summed E-state index contributed by atoms with van der Waals surface area (Å²) in [4.78, 5) is 27.3. The highest BCUT2D eigenvalue weighted by atomic mass is 32.2. The average Bonchev–Trinajstić information content (AvgIpc) is 3.41. The minimum absolute atomic E-state index is 0.0483. The summed E-state index contributed by atoms with van der Waals surface area (Å²) in [5.74, 6) is -0.0835. The molecule has 0 aliphatic rings. The number of nitrogens with one attached hydrogen (secondary N) is 1. The van der Waals surface area contributed by atoms with Gasteiger partial charge in [-0.25, -0.2) is 0 Å². The normalized spacial score (nSPS) is 10.6. The number of amides is 2. The highest BCUT2D eigenvalue weighted by molar-refractivity contribution is 7.99. The number of thiophene rings is 1. The topological polar surface area (TPSA) is 80.1 Å². The number of thioether (sulfide) groups is 1. The Kier molecular flexibility index (Phi) is 7.21. The molecule has 3 aromatic rings. The molecule has 0 radical (unpaired) electrons. The first-order valence-corrected chi connectivity index (χ1v) is 10.7. The maximum atomic E-state index is 12.6. The second-order valence-corrected chi connectivity index (χ2v) is 7.85. The molecule has 28 heavy (non-hydrogen) atoms. The van der Waals surface area contributed by atoms with Gasteiger partial charge in [0.2, 0.25) is 11.8 Å². The fourth-order valence-electron chi connectivity index (χ4n) is 2.51. The Morgan fingerprint density at radius 1 is 1.21 bits per heavy atom. The van der Waals surface area contributed by atoms with Gasteiger partial charge in [-0.1, -0.05) is 36.0 Å². The van der Waals surface area contributed by atoms with Crippen molar-refractivity contribution in [1.29, 1.82) is 0 Å². The van der Waals surface area contributed by atoms with E-state index in [0.29, 0.717) is 18.2 Å². The average molecular weight is 416 g/mol. The predicted octanol–water partition coefficient (Wildman–Crippen LogP) is 2.59. The molecule has 9 heteroatoms. The summed E-state index contributed by atoms with van der Waals surface area (Å²) in [5.41, 5.74) is 0.933. The Labute approximate surface area is 171 Å². The molecule has 0 aliphatic carbocycles. The summed E-state index contributed by atoms with van der Waals surface area (Å²) in [7, 11) is 0. The van der Waals surface area contributed by atoms with Crippen molar-refractivity contribution >= 4 is 34.9 Å². The zero-order valence-corrected chi connectivity index (χ0v) is 17.1. The Morgan fingerprint density at radius 2 is 2.04 bits per heavy atom. The number of para-hydroxylation sites is 1. The van der Waals surface area contributed by atoms with Crippen LogP contribution in [0.15, 0.2) is 59.3 Å². The Balaban J connectivity index is 1.52. The number of carbonyl (C=O) groups excluding carboxylic acids is 2. The molecular formula is C19H21N5O2S2. The lowest BCUT2D eigenvalue weighted by Crippen LogP contribution is -2.41. The summed E-state index contributed by atoms with van der Waals surface area (Å²) in [5, 5.41) is 13.5. The SMILES string of the molecule is CCN(CC(=O)NCc1cccs1)C(=O)CSc1nncn1-c1ccccc1. The number of benzene rings is 1. The van der Waals surface area contributed by atoms with Gasteiger partial charge in [0.15, 0.2) is 5.16 Å². The van der Waals surface area contributed by atoms with Crippen LogP contribution in [0.2, 0.25) is 0 Å². The maximum absolute atomic E-state index is 12.6. The Morgan fingerprint density at radius 3 is 2.75 bits per heavy atom. The maximum Gasteiger partial charge on any atom is 0.239 e. The monoisotopic (exact) mass is 415 g/mol. The lowest BCUT2D eigenvalue weighted by atomic mass is 10.3. The molecule has 0 fully saturated rings. The number of hydrogen-bond acceptors (Lipinski definition) is 6. The summed E-state index contributed by atoms with van der Waals surface area (Å²) >= 11 is 2.90. The third kappa shape index (κ3) is 5.43. The van der Waals surface area contributed by atoms with Gasteiger partial charge >= 0.3 is 0 Å². The molecule has 0 saturated carbocycles. The van der Waals surface area contributed by atoms with Crippen LogP contribution in [-0.2, 0) is 16.1 Å². The third-order valence-corrected chi connectivity index (χ3v) is 5.79. The van der Waals surface area contributed by atoms with Gasteiger partial charge < -0.3 is 10.2 Å². The number of carbonyl (C=O) groups is 2. The van der Waals surface area contributed by atoms with Crippen LogP contribution in [0.4, 0.5) is 0 Å². The molecule has 0 saturated heterocycles. The van der Waals surface area contributed by atoms with Crippen molar-refractivity contribution in [3.05, 3.63) is 59.0 Å². The van der Waals surface area contributed by atoms with Crippen LogP contribution in [0, 0.1) is 0 Å². The first-order chi connectivity index (χ1) is 13.7. The number of rotatable bonds is 9. The molecule has 0 unspecified atom stereocenters. The first-order valence-electron chi connectivity index (χ1n) is 8.82.